The van der Waals surface area contributed by atoms with Gasteiger partial charge in [0.1, 0.15) is 0 Å². The van der Waals surface area contributed by atoms with E-state index < -0.39 is 11.6 Å². The highest BCUT2D eigenvalue weighted by Gasteiger charge is 2.16. The summed E-state index contributed by atoms with van der Waals surface area (Å²) in [5, 5.41) is 3.30. The van der Waals surface area contributed by atoms with Crippen molar-refractivity contribution < 1.29 is 8.78 Å². The van der Waals surface area contributed by atoms with Crippen molar-refractivity contribution in [1.82, 2.24) is 5.32 Å². The summed E-state index contributed by atoms with van der Waals surface area (Å²) in [6, 6.07) is 12.3. The van der Waals surface area contributed by atoms with Gasteiger partial charge < -0.3 is 5.32 Å². The van der Waals surface area contributed by atoms with Crippen LogP contribution >= 0.6 is 11.8 Å². The van der Waals surface area contributed by atoms with Gasteiger partial charge in [-0.15, -0.1) is 11.8 Å². The summed E-state index contributed by atoms with van der Waals surface area (Å²) >= 11 is 1.69. The molecule has 0 radical (unpaired) electrons. The summed E-state index contributed by atoms with van der Waals surface area (Å²) in [4.78, 5) is 1.20. The molecule has 21 heavy (non-hydrogen) atoms. The van der Waals surface area contributed by atoms with Gasteiger partial charge in [-0.3, -0.25) is 0 Å². The monoisotopic (exact) mass is 307 g/mol. The fraction of sp³-hybridized carbons (Fsp3) is 0.294. The predicted octanol–water partition coefficient (Wildman–Crippen LogP) is 5.10. The largest absolute Gasteiger partial charge is 0.304 e. The molecule has 0 aliphatic heterocycles. The van der Waals surface area contributed by atoms with Gasteiger partial charge in [0.2, 0.25) is 0 Å². The molecule has 112 valence electrons. The SMILES string of the molecule is CSc1ccc(C(C)NC(C)c2cccc(F)c2F)cc1. The van der Waals surface area contributed by atoms with Crippen LogP contribution < -0.4 is 5.32 Å². The standard InChI is InChI=1S/C17H19F2NS/c1-11(13-7-9-14(21-3)10-8-13)20-12(2)15-5-4-6-16(18)17(15)19/h4-12,20H,1-3H3. The summed E-state index contributed by atoms with van der Waals surface area (Å²) < 4.78 is 27.1. The molecular weight excluding hydrogens is 288 g/mol. The average molecular weight is 307 g/mol. The minimum absolute atomic E-state index is 0.0542. The van der Waals surface area contributed by atoms with E-state index >= 15 is 0 Å². The van der Waals surface area contributed by atoms with Gasteiger partial charge in [0.05, 0.1) is 0 Å². The van der Waals surface area contributed by atoms with Gasteiger partial charge in [0.15, 0.2) is 11.6 Å². The number of hydrogen-bond acceptors (Lipinski definition) is 2. The molecule has 0 fully saturated rings. The Morgan fingerprint density at radius 3 is 2.24 bits per heavy atom. The summed E-state index contributed by atoms with van der Waals surface area (Å²) in [6.07, 6.45) is 2.03. The molecule has 0 aliphatic rings. The second-order valence-electron chi connectivity index (χ2n) is 5.03. The van der Waals surface area contributed by atoms with Crippen LogP contribution in [-0.2, 0) is 0 Å². The van der Waals surface area contributed by atoms with Gasteiger partial charge in [-0.2, -0.15) is 0 Å². The molecule has 4 heteroatoms. The molecule has 0 saturated heterocycles. The van der Waals surface area contributed by atoms with E-state index in [4.69, 9.17) is 0 Å². The normalized spacial score (nSPS) is 14.0. The summed E-state index contributed by atoms with van der Waals surface area (Å²) in [6.45, 7) is 3.85. The van der Waals surface area contributed by atoms with E-state index in [1.807, 2.05) is 20.1 Å². The van der Waals surface area contributed by atoms with Gasteiger partial charge in [-0.05, 0) is 43.9 Å². The lowest BCUT2D eigenvalue weighted by Crippen LogP contribution is -2.23. The first kappa shape index (κ1) is 16.0. The van der Waals surface area contributed by atoms with Crippen molar-refractivity contribution in [3.05, 3.63) is 65.2 Å². The van der Waals surface area contributed by atoms with Crippen LogP contribution in [0.5, 0.6) is 0 Å². The summed E-state index contributed by atoms with van der Waals surface area (Å²) in [5.74, 6) is -1.58. The number of nitrogens with one attached hydrogen (secondary N) is 1. The number of hydrogen-bond donors (Lipinski definition) is 1. The molecule has 0 bridgehead atoms. The van der Waals surface area contributed by atoms with Crippen LogP contribution in [0.25, 0.3) is 0 Å². The lowest BCUT2D eigenvalue weighted by Gasteiger charge is -2.21. The maximum Gasteiger partial charge on any atom is 0.163 e. The van der Waals surface area contributed by atoms with Gasteiger partial charge in [-0.25, -0.2) is 8.78 Å². The molecule has 0 spiro atoms. The Morgan fingerprint density at radius 2 is 1.62 bits per heavy atom. The van der Waals surface area contributed by atoms with Crippen LogP contribution in [0, 0.1) is 11.6 Å². The highest BCUT2D eigenvalue weighted by atomic mass is 32.2. The molecule has 1 N–H and O–H groups in total. The van der Waals surface area contributed by atoms with Crippen molar-refractivity contribution in [1.29, 1.82) is 0 Å². The maximum absolute atomic E-state index is 13.8. The van der Waals surface area contributed by atoms with Crippen molar-refractivity contribution in [2.45, 2.75) is 30.8 Å². The molecular formula is C17H19F2NS. The molecule has 0 amide bonds. The number of thioether (sulfide) groups is 1. The second-order valence-corrected chi connectivity index (χ2v) is 5.91. The van der Waals surface area contributed by atoms with Crippen LogP contribution in [0.4, 0.5) is 8.78 Å². The Balaban J connectivity index is 2.10. The Labute approximate surface area is 128 Å². The van der Waals surface area contributed by atoms with Gasteiger partial charge in [0, 0.05) is 22.5 Å². The van der Waals surface area contributed by atoms with E-state index in [0.717, 1.165) is 11.6 Å². The third-order valence-electron chi connectivity index (χ3n) is 3.56. The molecule has 0 heterocycles. The van der Waals surface area contributed by atoms with Crippen LogP contribution in [0.1, 0.15) is 37.1 Å². The zero-order valence-corrected chi connectivity index (χ0v) is 13.2. The van der Waals surface area contributed by atoms with Crippen LogP contribution in [0.2, 0.25) is 0 Å². The van der Waals surface area contributed by atoms with Crippen molar-refractivity contribution in [2.24, 2.45) is 0 Å². The average Bonchev–Trinajstić information content (AvgIpc) is 2.50. The lowest BCUT2D eigenvalue weighted by atomic mass is 10.0. The van der Waals surface area contributed by atoms with Crippen molar-refractivity contribution >= 4 is 11.8 Å². The number of halogens is 2. The van der Waals surface area contributed by atoms with E-state index in [1.54, 1.807) is 17.8 Å². The molecule has 0 aromatic heterocycles. The lowest BCUT2D eigenvalue weighted by molar-refractivity contribution is 0.449. The minimum Gasteiger partial charge on any atom is -0.304 e. The van der Waals surface area contributed by atoms with Gasteiger partial charge in [-0.1, -0.05) is 24.3 Å². The Morgan fingerprint density at radius 1 is 0.952 bits per heavy atom. The number of benzene rings is 2. The maximum atomic E-state index is 13.8. The zero-order valence-electron chi connectivity index (χ0n) is 12.4. The Bertz CT molecular complexity index is 598. The second kappa shape index (κ2) is 7.05. The van der Waals surface area contributed by atoms with Crippen molar-refractivity contribution in [3.8, 4) is 0 Å². The topological polar surface area (TPSA) is 12.0 Å². The van der Waals surface area contributed by atoms with E-state index in [-0.39, 0.29) is 12.1 Å². The minimum atomic E-state index is -0.807. The van der Waals surface area contributed by atoms with E-state index in [1.165, 1.54) is 11.0 Å². The highest BCUT2D eigenvalue weighted by molar-refractivity contribution is 7.98. The fourth-order valence-electron chi connectivity index (χ4n) is 2.31. The van der Waals surface area contributed by atoms with Crippen LogP contribution in [0.15, 0.2) is 47.4 Å². The summed E-state index contributed by atoms with van der Waals surface area (Å²) in [5.41, 5.74) is 1.47. The highest BCUT2D eigenvalue weighted by Crippen LogP contribution is 2.24. The zero-order chi connectivity index (χ0) is 15.4. The molecule has 2 aromatic carbocycles. The van der Waals surface area contributed by atoms with Crippen LogP contribution in [-0.4, -0.2) is 6.26 Å². The van der Waals surface area contributed by atoms with E-state index in [0.29, 0.717) is 5.56 Å². The molecule has 0 aliphatic carbocycles. The first-order valence-corrected chi connectivity index (χ1v) is 8.09. The first-order valence-electron chi connectivity index (χ1n) is 6.87. The Kier molecular flexibility index (Phi) is 5.37. The van der Waals surface area contributed by atoms with Crippen molar-refractivity contribution in [2.75, 3.05) is 6.26 Å². The smallest absolute Gasteiger partial charge is 0.163 e. The molecule has 1 nitrogen and oxygen atoms in total. The van der Waals surface area contributed by atoms with Crippen LogP contribution in [0.3, 0.4) is 0 Å². The number of rotatable bonds is 5. The molecule has 2 unspecified atom stereocenters. The molecule has 2 atom stereocenters. The first-order chi connectivity index (χ1) is 10.0. The van der Waals surface area contributed by atoms with Crippen molar-refractivity contribution in [3.63, 3.8) is 0 Å². The summed E-state index contributed by atoms with van der Waals surface area (Å²) in [7, 11) is 0. The van der Waals surface area contributed by atoms with Gasteiger partial charge in [0.25, 0.3) is 0 Å². The third-order valence-corrected chi connectivity index (χ3v) is 4.31. The predicted molar refractivity (Wildman–Crippen MR) is 84.5 cm³/mol. The Hall–Kier alpha value is -1.39. The molecule has 2 rings (SSSR count). The molecule has 2 aromatic rings. The van der Waals surface area contributed by atoms with Gasteiger partial charge >= 0.3 is 0 Å². The molecule has 0 saturated carbocycles. The fourth-order valence-corrected chi connectivity index (χ4v) is 2.72. The van der Waals surface area contributed by atoms with E-state index in [2.05, 4.69) is 29.6 Å². The third kappa shape index (κ3) is 3.83. The van der Waals surface area contributed by atoms with E-state index in [9.17, 15) is 8.78 Å². The quantitative estimate of drug-likeness (QED) is 0.771.